The highest BCUT2D eigenvalue weighted by Crippen LogP contribution is 2.25. The minimum Gasteiger partial charge on any atom is -0.466 e. The molecule has 0 fully saturated rings. The summed E-state index contributed by atoms with van der Waals surface area (Å²) >= 11 is 5.68. The maximum absolute atomic E-state index is 11.1. The molecule has 0 aliphatic heterocycles. The minimum absolute atomic E-state index is 0.0422. The van der Waals surface area contributed by atoms with E-state index < -0.39 is 29.7 Å². The molecule has 4 atom stereocenters. The van der Waals surface area contributed by atoms with Crippen molar-refractivity contribution in [2.75, 3.05) is 7.11 Å². The van der Waals surface area contributed by atoms with E-state index in [0.717, 1.165) is 13.2 Å². The molecule has 0 bridgehead atoms. The highest BCUT2D eigenvalue weighted by molar-refractivity contribution is 6.25. The van der Waals surface area contributed by atoms with Crippen molar-refractivity contribution in [2.24, 2.45) is 0 Å². The Bertz CT molecular complexity index is 264. The molecule has 6 heteroatoms. The van der Waals surface area contributed by atoms with Crippen molar-refractivity contribution in [3.8, 4) is 0 Å². The van der Waals surface area contributed by atoms with Crippen molar-refractivity contribution in [1.82, 2.24) is 0 Å². The number of hydrogen-bond donors (Lipinski definition) is 3. The average molecular weight is 223 g/mol. The van der Waals surface area contributed by atoms with Crippen LogP contribution in [0.15, 0.2) is 11.6 Å². The molecule has 0 radical (unpaired) electrons. The van der Waals surface area contributed by atoms with E-state index in [1.807, 2.05) is 0 Å². The molecule has 0 aromatic carbocycles. The maximum atomic E-state index is 11.1. The van der Waals surface area contributed by atoms with E-state index >= 15 is 0 Å². The first kappa shape index (κ1) is 11.5. The van der Waals surface area contributed by atoms with Crippen molar-refractivity contribution in [3.63, 3.8) is 0 Å². The molecule has 1 rings (SSSR count). The standard InChI is InChI=1S/C8H11ClO5/c1-14-8(13)3-2-4(10)6(11)7(12)5(3)9/h2,4-7,10-12H,1H3/t4-,5+,6-,7-/m1/s1. The number of halogens is 1. The quantitative estimate of drug-likeness (QED) is 0.383. The summed E-state index contributed by atoms with van der Waals surface area (Å²) in [5, 5.41) is 26.7. The van der Waals surface area contributed by atoms with E-state index in [-0.39, 0.29) is 5.57 Å². The number of carbonyl (C=O) groups is 1. The van der Waals surface area contributed by atoms with Crippen LogP contribution in [0.5, 0.6) is 0 Å². The topological polar surface area (TPSA) is 87.0 Å². The van der Waals surface area contributed by atoms with Gasteiger partial charge in [0.2, 0.25) is 0 Å². The van der Waals surface area contributed by atoms with Crippen LogP contribution in [-0.2, 0) is 9.53 Å². The molecule has 0 spiro atoms. The fraction of sp³-hybridized carbons (Fsp3) is 0.625. The molecule has 5 nitrogen and oxygen atoms in total. The van der Waals surface area contributed by atoms with Crippen LogP contribution < -0.4 is 0 Å². The second-order valence-corrected chi connectivity index (χ2v) is 3.46. The lowest BCUT2D eigenvalue weighted by molar-refractivity contribution is -0.137. The first-order chi connectivity index (χ1) is 6.49. The molecule has 0 aromatic heterocycles. The third-order valence-corrected chi connectivity index (χ3v) is 2.56. The number of methoxy groups -OCH3 is 1. The Morgan fingerprint density at radius 2 is 2.00 bits per heavy atom. The zero-order valence-corrected chi connectivity index (χ0v) is 8.18. The number of alkyl halides is 1. The monoisotopic (exact) mass is 222 g/mol. The number of hydrogen-bond acceptors (Lipinski definition) is 5. The summed E-state index contributed by atoms with van der Waals surface area (Å²) in [7, 11) is 1.16. The summed E-state index contributed by atoms with van der Waals surface area (Å²) in [6.45, 7) is 0. The number of esters is 1. The molecule has 1 aliphatic rings. The summed E-state index contributed by atoms with van der Waals surface area (Å²) < 4.78 is 4.40. The number of aliphatic hydroxyl groups excluding tert-OH is 3. The van der Waals surface area contributed by atoms with Crippen molar-refractivity contribution >= 4 is 17.6 Å². The van der Waals surface area contributed by atoms with Gasteiger partial charge in [0.25, 0.3) is 0 Å². The van der Waals surface area contributed by atoms with Crippen LogP contribution in [0.4, 0.5) is 0 Å². The predicted molar refractivity (Wildman–Crippen MR) is 47.8 cm³/mol. The Morgan fingerprint density at radius 3 is 2.50 bits per heavy atom. The van der Waals surface area contributed by atoms with Crippen molar-refractivity contribution in [1.29, 1.82) is 0 Å². The maximum Gasteiger partial charge on any atom is 0.335 e. The fourth-order valence-corrected chi connectivity index (χ4v) is 1.54. The van der Waals surface area contributed by atoms with Gasteiger partial charge in [-0.15, -0.1) is 11.6 Å². The van der Waals surface area contributed by atoms with Crippen LogP contribution in [0.3, 0.4) is 0 Å². The lowest BCUT2D eigenvalue weighted by Gasteiger charge is -2.30. The highest BCUT2D eigenvalue weighted by atomic mass is 35.5. The van der Waals surface area contributed by atoms with Gasteiger partial charge in [-0.1, -0.05) is 0 Å². The van der Waals surface area contributed by atoms with Crippen LogP contribution in [0.2, 0.25) is 0 Å². The van der Waals surface area contributed by atoms with Crippen LogP contribution in [0.1, 0.15) is 0 Å². The molecule has 0 saturated heterocycles. The summed E-state index contributed by atoms with van der Waals surface area (Å²) in [4.78, 5) is 11.1. The van der Waals surface area contributed by atoms with Crippen LogP contribution in [0.25, 0.3) is 0 Å². The van der Waals surface area contributed by atoms with Gasteiger partial charge >= 0.3 is 5.97 Å². The van der Waals surface area contributed by atoms with Gasteiger partial charge in [-0.2, -0.15) is 0 Å². The van der Waals surface area contributed by atoms with Gasteiger partial charge in [0.15, 0.2) is 0 Å². The SMILES string of the molecule is COC(=O)C1=C[C@@H](O)[C@@H](O)[C@H](O)[C@H]1Cl. The number of rotatable bonds is 1. The molecule has 3 N–H and O–H groups in total. The molecule has 0 aromatic rings. The van der Waals surface area contributed by atoms with Crippen LogP contribution >= 0.6 is 11.6 Å². The summed E-state index contributed by atoms with van der Waals surface area (Å²) in [5.74, 6) is -0.727. The summed E-state index contributed by atoms with van der Waals surface area (Å²) in [6.07, 6.45) is -2.99. The van der Waals surface area contributed by atoms with E-state index in [2.05, 4.69) is 4.74 Å². The van der Waals surface area contributed by atoms with Gasteiger partial charge in [0.05, 0.1) is 18.1 Å². The first-order valence-electron chi connectivity index (χ1n) is 3.97. The Hall–Kier alpha value is -0.620. The Morgan fingerprint density at radius 1 is 1.43 bits per heavy atom. The predicted octanol–water partition coefficient (Wildman–Crippen LogP) is -1.21. The highest BCUT2D eigenvalue weighted by Gasteiger charge is 2.39. The van der Waals surface area contributed by atoms with Crippen molar-refractivity contribution < 1.29 is 24.9 Å². The van der Waals surface area contributed by atoms with E-state index in [0.29, 0.717) is 0 Å². The van der Waals surface area contributed by atoms with Gasteiger partial charge < -0.3 is 20.1 Å². The average Bonchev–Trinajstić information content (AvgIpc) is 2.19. The zero-order valence-electron chi connectivity index (χ0n) is 7.42. The number of carbonyl (C=O) groups excluding carboxylic acids is 1. The number of ether oxygens (including phenoxy) is 1. The molecule has 80 valence electrons. The van der Waals surface area contributed by atoms with Gasteiger partial charge in [-0.25, -0.2) is 4.79 Å². The van der Waals surface area contributed by atoms with Crippen LogP contribution in [0, 0.1) is 0 Å². The second kappa shape index (κ2) is 4.27. The lowest BCUT2D eigenvalue weighted by Crippen LogP contribution is -2.47. The van der Waals surface area contributed by atoms with Gasteiger partial charge in [-0.3, -0.25) is 0 Å². The molecule has 0 unspecified atom stereocenters. The Labute approximate surface area is 85.6 Å². The third-order valence-electron chi connectivity index (χ3n) is 2.07. The molecule has 0 saturated carbocycles. The zero-order chi connectivity index (χ0) is 10.9. The Kier molecular flexibility index (Phi) is 3.49. The molecule has 1 aliphatic carbocycles. The molecule has 0 heterocycles. The summed E-state index contributed by atoms with van der Waals surface area (Å²) in [5.41, 5.74) is -0.0422. The van der Waals surface area contributed by atoms with E-state index in [1.165, 1.54) is 0 Å². The number of aliphatic hydroxyl groups is 3. The van der Waals surface area contributed by atoms with E-state index in [1.54, 1.807) is 0 Å². The van der Waals surface area contributed by atoms with Gasteiger partial charge in [0.1, 0.15) is 18.3 Å². The Balaban J connectivity index is 2.95. The van der Waals surface area contributed by atoms with Gasteiger partial charge in [-0.05, 0) is 6.08 Å². The van der Waals surface area contributed by atoms with Crippen LogP contribution in [-0.4, -0.2) is 52.1 Å². The van der Waals surface area contributed by atoms with Gasteiger partial charge in [0, 0.05) is 0 Å². The molecule has 14 heavy (non-hydrogen) atoms. The molecular weight excluding hydrogens is 212 g/mol. The second-order valence-electron chi connectivity index (χ2n) is 2.99. The van der Waals surface area contributed by atoms with E-state index in [4.69, 9.17) is 11.6 Å². The van der Waals surface area contributed by atoms with E-state index in [9.17, 15) is 20.1 Å². The van der Waals surface area contributed by atoms with Crippen molar-refractivity contribution in [2.45, 2.75) is 23.7 Å². The minimum atomic E-state index is -1.38. The van der Waals surface area contributed by atoms with Crippen molar-refractivity contribution in [3.05, 3.63) is 11.6 Å². The third kappa shape index (κ3) is 1.90. The largest absolute Gasteiger partial charge is 0.466 e. The molecule has 0 amide bonds. The lowest BCUT2D eigenvalue weighted by atomic mass is 9.92. The fourth-order valence-electron chi connectivity index (χ4n) is 1.23. The molecular formula is C8H11ClO5. The smallest absolute Gasteiger partial charge is 0.335 e. The normalized spacial score (nSPS) is 37.6. The first-order valence-corrected chi connectivity index (χ1v) is 4.41. The summed E-state index contributed by atoms with van der Waals surface area (Å²) in [6, 6.07) is 0.